The van der Waals surface area contributed by atoms with Crippen LogP contribution in [0.2, 0.25) is 0 Å². The quantitative estimate of drug-likeness (QED) is 0.860. The number of aryl methyl sites for hydroxylation is 1. The number of aromatic amines is 1. The topological polar surface area (TPSA) is 61.9 Å². The maximum absolute atomic E-state index is 12.4. The van der Waals surface area contributed by atoms with Crippen molar-refractivity contribution in [1.82, 2.24) is 15.2 Å². The second-order valence-corrected chi connectivity index (χ2v) is 5.72. The number of rotatable bonds is 5. The van der Waals surface area contributed by atoms with Crippen LogP contribution in [0.5, 0.6) is 0 Å². The second kappa shape index (κ2) is 6.56. The number of amides is 1. The van der Waals surface area contributed by atoms with Crippen molar-refractivity contribution in [2.45, 2.75) is 30.7 Å². The Morgan fingerprint density at radius 2 is 2.10 bits per heavy atom. The zero-order chi connectivity index (χ0) is 14.5. The molecule has 0 aliphatic heterocycles. The molecule has 6 heteroatoms. The summed E-state index contributed by atoms with van der Waals surface area (Å²) in [5.41, 5.74) is 0.884. The molecule has 0 saturated heterocycles. The average Bonchev–Trinajstić information content (AvgIpc) is 2.94. The number of H-pyrrole nitrogens is 1. The van der Waals surface area contributed by atoms with E-state index in [-0.39, 0.29) is 11.2 Å². The molecule has 0 saturated carbocycles. The normalized spacial score (nSPS) is 12.2. The van der Waals surface area contributed by atoms with Gasteiger partial charge in [0.2, 0.25) is 11.1 Å². The molecular weight excluding hydrogens is 272 g/mol. The number of thioether (sulfide) groups is 1. The molecular formula is C14H18N4OS. The smallest absolute Gasteiger partial charge is 0.240 e. The molecule has 1 aromatic carbocycles. The van der Waals surface area contributed by atoms with Crippen molar-refractivity contribution >= 4 is 23.4 Å². The second-order valence-electron chi connectivity index (χ2n) is 4.41. The minimum absolute atomic E-state index is 0.0315. The summed E-state index contributed by atoms with van der Waals surface area (Å²) in [6.07, 6.45) is 0.805. The van der Waals surface area contributed by atoms with Gasteiger partial charge in [-0.25, -0.2) is 4.98 Å². The standard InChI is InChI=1S/C14H18N4OS/c1-4-12-15-14(17-16-12)20-10(2)13(19)18(3)11-8-6-5-7-9-11/h5-10H,4H2,1-3H3,(H,15,16,17). The SMILES string of the molecule is CCc1nc(SC(C)C(=O)N(C)c2ccccc2)n[nH]1. The fraction of sp³-hybridized carbons (Fsp3) is 0.357. The lowest BCUT2D eigenvalue weighted by molar-refractivity contribution is -0.117. The first kappa shape index (κ1) is 14.6. The Labute approximate surface area is 122 Å². The minimum atomic E-state index is -0.235. The highest BCUT2D eigenvalue weighted by Gasteiger charge is 2.21. The fourth-order valence-electron chi connectivity index (χ4n) is 1.75. The minimum Gasteiger partial charge on any atom is -0.315 e. The van der Waals surface area contributed by atoms with Gasteiger partial charge in [0.1, 0.15) is 5.82 Å². The van der Waals surface area contributed by atoms with E-state index in [1.54, 1.807) is 11.9 Å². The van der Waals surface area contributed by atoms with Gasteiger partial charge in [-0.1, -0.05) is 36.9 Å². The molecule has 1 atom stereocenters. The number of nitrogens with zero attached hydrogens (tertiary/aromatic N) is 3. The van der Waals surface area contributed by atoms with Crippen molar-refractivity contribution in [3.63, 3.8) is 0 Å². The molecule has 0 aliphatic rings. The molecule has 0 bridgehead atoms. The number of hydrogen-bond acceptors (Lipinski definition) is 4. The summed E-state index contributed by atoms with van der Waals surface area (Å²) in [5, 5.41) is 7.33. The van der Waals surface area contributed by atoms with Crippen LogP contribution in [0.25, 0.3) is 0 Å². The highest BCUT2D eigenvalue weighted by atomic mass is 32.2. The molecule has 1 unspecified atom stereocenters. The van der Waals surface area contributed by atoms with Crippen LogP contribution < -0.4 is 4.90 Å². The molecule has 1 heterocycles. The van der Waals surface area contributed by atoms with Gasteiger partial charge in [0.05, 0.1) is 5.25 Å². The number of nitrogens with one attached hydrogen (secondary N) is 1. The fourth-order valence-corrected chi connectivity index (χ4v) is 2.59. The van der Waals surface area contributed by atoms with Crippen molar-refractivity contribution in [2.75, 3.05) is 11.9 Å². The van der Waals surface area contributed by atoms with Crippen molar-refractivity contribution < 1.29 is 4.79 Å². The first-order chi connectivity index (χ1) is 9.61. The third-order valence-electron chi connectivity index (χ3n) is 2.95. The molecule has 1 aromatic heterocycles. The summed E-state index contributed by atoms with van der Waals surface area (Å²) in [4.78, 5) is 18.3. The van der Waals surface area contributed by atoms with Crippen LogP contribution in [0, 0.1) is 0 Å². The average molecular weight is 290 g/mol. The zero-order valence-electron chi connectivity index (χ0n) is 11.8. The molecule has 20 heavy (non-hydrogen) atoms. The maximum Gasteiger partial charge on any atom is 0.240 e. The zero-order valence-corrected chi connectivity index (χ0v) is 12.6. The number of hydrogen-bond donors (Lipinski definition) is 1. The Bertz CT molecular complexity index is 570. The Kier molecular flexibility index (Phi) is 4.79. The van der Waals surface area contributed by atoms with E-state index in [2.05, 4.69) is 15.2 Å². The monoisotopic (exact) mass is 290 g/mol. The van der Waals surface area contributed by atoms with Gasteiger partial charge < -0.3 is 4.90 Å². The van der Waals surface area contributed by atoms with E-state index < -0.39 is 0 Å². The molecule has 0 fully saturated rings. The van der Waals surface area contributed by atoms with Gasteiger partial charge in [-0.05, 0) is 19.1 Å². The predicted molar refractivity (Wildman–Crippen MR) is 80.9 cm³/mol. The van der Waals surface area contributed by atoms with E-state index in [0.717, 1.165) is 17.9 Å². The van der Waals surface area contributed by atoms with Crippen molar-refractivity contribution in [3.8, 4) is 0 Å². The Balaban J connectivity index is 2.01. The van der Waals surface area contributed by atoms with E-state index in [9.17, 15) is 4.79 Å². The lowest BCUT2D eigenvalue weighted by Crippen LogP contribution is -2.33. The third-order valence-corrected chi connectivity index (χ3v) is 3.90. The third kappa shape index (κ3) is 3.39. The number of aromatic nitrogens is 3. The number of benzene rings is 1. The van der Waals surface area contributed by atoms with Crippen molar-refractivity contribution in [2.24, 2.45) is 0 Å². The number of anilines is 1. The van der Waals surface area contributed by atoms with Crippen molar-refractivity contribution in [1.29, 1.82) is 0 Å². The van der Waals surface area contributed by atoms with E-state index in [1.165, 1.54) is 11.8 Å². The van der Waals surface area contributed by atoms with Crippen LogP contribution in [0.15, 0.2) is 35.5 Å². The molecule has 0 aliphatic carbocycles. The van der Waals surface area contributed by atoms with E-state index in [0.29, 0.717) is 5.16 Å². The van der Waals surface area contributed by atoms with E-state index in [1.807, 2.05) is 44.2 Å². The lowest BCUT2D eigenvalue weighted by atomic mass is 10.3. The van der Waals surface area contributed by atoms with Gasteiger partial charge in [-0.2, -0.15) is 0 Å². The summed E-state index contributed by atoms with van der Waals surface area (Å²) >= 11 is 1.37. The Morgan fingerprint density at radius 3 is 2.70 bits per heavy atom. The van der Waals surface area contributed by atoms with Gasteiger partial charge in [0, 0.05) is 19.2 Å². The number of carbonyl (C=O) groups is 1. The summed E-state index contributed by atoms with van der Waals surface area (Å²) in [6, 6.07) is 9.59. The molecule has 1 N–H and O–H groups in total. The van der Waals surface area contributed by atoms with Crippen LogP contribution in [0.1, 0.15) is 19.7 Å². The number of carbonyl (C=O) groups excluding carboxylic acids is 1. The molecule has 2 aromatic rings. The summed E-state index contributed by atoms with van der Waals surface area (Å²) in [5.74, 6) is 0.868. The maximum atomic E-state index is 12.4. The molecule has 0 spiro atoms. The summed E-state index contributed by atoms with van der Waals surface area (Å²) < 4.78 is 0. The number of para-hydroxylation sites is 1. The first-order valence-electron chi connectivity index (χ1n) is 6.52. The molecule has 0 radical (unpaired) electrons. The van der Waals surface area contributed by atoms with Crippen LogP contribution >= 0.6 is 11.8 Å². The van der Waals surface area contributed by atoms with Crippen LogP contribution in [-0.2, 0) is 11.2 Å². The molecule has 1 amide bonds. The Hall–Kier alpha value is -1.82. The van der Waals surface area contributed by atoms with Crippen molar-refractivity contribution in [3.05, 3.63) is 36.2 Å². The van der Waals surface area contributed by atoms with Gasteiger partial charge in [0.25, 0.3) is 0 Å². The van der Waals surface area contributed by atoms with E-state index >= 15 is 0 Å². The highest BCUT2D eigenvalue weighted by molar-refractivity contribution is 8.00. The van der Waals surface area contributed by atoms with Gasteiger partial charge in [0.15, 0.2) is 0 Å². The molecule has 2 rings (SSSR count). The van der Waals surface area contributed by atoms with Crippen LogP contribution in [-0.4, -0.2) is 33.4 Å². The first-order valence-corrected chi connectivity index (χ1v) is 7.40. The Morgan fingerprint density at radius 1 is 1.40 bits per heavy atom. The summed E-state index contributed by atoms with van der Waals surface area (Å²) in [7, 11) is 1.78. The largest absolute Gasteiger partial charge is 0.315 e. The molecule has 5 nitrogen and oxygen atoms in total. The van der Waals surface area contributed by atoms with Gasteiger partial charge >= 0.3 is 0 Å². The van der Waals surface area contributed by atoms with Crippen LogP contribution in [0.3, 0.4) is 0 Å². The highest BCUT2D eigenvalue weighted by Crippen LogP contribution is 2.22. The molecule has 106 valence electrons. The van der Waals surface area contributed by atoms with Gasteiger partial charge in [-0.15, -0.1) is 5.10 Å². The van der Waals surface area contributed by atoms with Gasteiger partial charge in [-0.3, -0.25) is 9.89 Å². The lowest BCUT2D eigenvalue weighted by Gasteiger charge is -2.20. The van der Waals surface area contributed by atoms with E-state index in [4.69, 9.17) is 0 Å². The summed E-state index contributed by atoms with van der Waals surface area (Å²) in [6.45, 7) is 3.88. The predicted octanol–water partition coefficient (Wildman–Crippen LogP) is 2.51. The van der Waals surface area contributed by atoms with Crippen LogP contribution in [0.4, 0.5) is 5.69 Å².